The van der Waals surface area contributed by atoms with Gasteiger partial charge in [-0.25, -0.2) is 0 Å². The zero-order valence-electron chi connectivity index (χ0n) is 7.32. The largest absolute Gasteiger partial charge is 0.119 e. The van der Waals surface area contributed by atoms with Crippen molar-refractivity contribution in [2.45, 2.75) is 32.6 Å². The molecule has 2 heteroatoms. The first-order valence-corrected chi connectivity index (χ1v) is 5.34. The maximum Gasteiger partial charge on any atom is 0.0512 e. The van der Waals surface area contributed by atoms with E-state index in [2.05, 4.69) is 26.8 Å². The van der Waals surface area contributed by atoms with Gasteiger partial charge in [0.05, 0.1) is 5.38 Å². The van der Waals surface area contributed by atoms with Crippen molar-refractivity contribution < 1.29 is 0 Å². The molecule has 0 radical (unpaired) electrons. The first kappa shape index (κ1) is 10.2. The topological polar surface area (TPSA) is 0 Å². The Hall–Kier alpha value is 0.247. The first-order valence-electron chi connectivity index (χ1n) is 3.90. The van der Waals surface area contributed by atoms with Gasteiger partial charge in [0.2, 0.25) is 0 Å². The van der Waals surface area contributed by atoms with E-state index in [-0.39, 0.29) is 5.38 Å². The average Bonchev–Trinajstić information content (AvgIpc) is 1.87. The SMILES string of the molecule is CCC(Cl)C=C([SiH3])C(C)C. The lowest BCUT2D eigenvalue weighted by molar-refractivity contribution is 0.801. The van der Waals surface area contributed by atoms with E-state index < -0.39 is 0 Å². The molecular weight excluding hydrogens is 160 g/mol. The molecule has 0 saturated carbocycles. The molecule has 0 saturated heterocycles. The van der Waals surface area contributed by atoms with Gasteiger partial charge >= 0.3 is 0 Å². The number of hydrogen-bond acceptors (Lipinski definition) is 0. The van der Waals surface area contributed by atoms with E-state index in [4.69, 9.17) is 11.6 Å². The molecular formula is C8H17ClSi. The Morgan fingerprint density at radius 1 is 1.60 bits per heavy atom. The number of alkyl halides is 1. The summed E-state index contributed by atoms with van der Waals surface area (Å²) >= 11 is 5.95. The highest BCUT2D eigenvalue weighted by atomic mass is 35.5. The van der Waals surface area contributed by atoms with E-state index in [1.807, 2.05) is 0 Å². The van der Waals surface area contributed by atoms with Gasteiger partial charge < -0.3 is 0 Å². The van der Waals surface area contributed by atoms with E-state index in [1.165, 1.54) is 5.20 Å². The van der Waals surface area contributed by atoms with E-state index in [1.54, 1.807) is 0 Å². The molecule has 0 bridgehead atoms. The predicted octanol–water partition coefficient (Wildman–Crippen LogP) is 1.91. The summed E-state index contributed by atoms with van der Waals surface area (Å²) in [5.41, 5.74) is 0. The maximum atomic E-state index is 5.95. The van der Waals surface area contributed by atoms with Gasteiger partial charge in [-0.2, -0.15) is 0 Å². The van der Waals surface area contributed by atoms with Crippen LogP contribution in [0.25, 0.3) is 0 Å². The highest BCUT2D eigenvalue weighted by Crippen LogP contribution is 2.10. The van der Waals surface area contributed by atoms with Crippen molar-refractivity contribution in [3.05, 3.63) is 11.3 Å². The molecule has 10 heavy (non-hydrogen) atoms. The molecule has 0 aliphatic heterocycles. The van der Waals surface area contributed by atoms with Gasteiger partial charge in [-0.15, -0.1) is 11.6 Å². The molecule has 60 valence electrons. The number of rotatable bonds is 3. The van der Waals surface area contributed by atoms with E-state index in [9.17, 15) is 0 Å². The van der Waals surface area contributed by atoms with Crippen molar-refractivity contribution in [2.24, 2.45) is 5.92 Å². The van der Waals surface area contributed by atoms with E-state index in [0.29, 0.717) is 5.92 Å². The van der Waals surface area contributed by atoms with Crippen molar-refractivity contribution in [3.63, 3.8) is 0 Å². The molecule has 1 atom stereocenters. The van der Waals surface area contributed by atoms with Crippen LogP contribution in [0.3, 0.4) is 0 Å². The second kappa shape index (κ2) is 4.97. The summed E-state index contributed by atoms with van der Waals surface area (Å²) in [6, 6.07) is 0. The molecule has 0 aliphatic rings. The van der Waals surface area contributed by atoms with Crippen LogP contribution in [0.15, 0.2) is 11.3 Å². The lowest BCUT2D eigenvalue weighted by Crippen LogP contribution is -1.98. The second-order valence-electron chi connectivity index (χ2n) is 2.99. The molecule has 0 amide bonds. The van der Waals surface area contributed by atoms with Crippen molar-refractivity contribution >= 4 is 21.8 Å². The molecule has 0 aromatic rings. The minimum Gasteiger partial charge on any atom is -0.119 e. The van der Waals surface area contributed by atoms with Crippen LogP contribution in [0.1, 0.15) is 27.2 Å². The van der Waals surface area contributed by atoms with Crippen LogP contribution in [0.5, 0.6) is 0 Å². The Balaban J connectivity index is 3.89. The van der Waals surface area contributed by atoms with Gasteiger partial charge in [-0.05, 0) is 12.3 Å². The summed E-state index contributed by atoms with van der Waals surface area (Å²) in [5, 5.41) is 1.79. The first-order chi connectivity index (χ1) is 4.57. The van der Waals surface area contributed by atoms with Crippen LogP contribution in [-0.4, -0.2) is 15.6 Å². The fraction of sp³-hybridized carbons (Fsp3) is 0.750. The molecule has 0 aromatic carbocycles. The third-order valence-corrected chi connectivity index (χ3v) is 3.67. The number of allylic oxidation sites excluding steroid dienone is 2. The van der Waals surface area contributed by atoms with Crippen LogP contribution < -0.4 is 0 Å². The Bertz CT molecular complexity index is 118. The van der Waals surface area contributed by atoms with Gasteiger partial charge in [0, 0.05) is 10.2 Å². The minimum absolute atomic E-state index is 0.259. The normalized spacial score (nSPS) is 16.3. The second-order valence-corrected chi connectivity index (χ2v) is 4.70. The summed E-state index contributed by atoms with van der Waals surface area (Å²) in [6.07, 6.45) is 3.25. The summed E-state index contributed by atoms with van der Waals surface area (Å²) in [7, 11) is 1.15. The molecule has 0 aromatic heterocycles. The molecule has 0 rings (SSSR count). The standard InChI is InChI=1S/C8H17ClSi/c1-4-7(9)5-8(10)6(2)3/h5-7H,4H2,1-3,10H3. The third kappa shape index (κ3) is 4.12. The Morgan fingerprint density at radius 3 is 2.40 bits per heavy atom. The van der Waals surface area contributed by atoms with Crippen LogP contribution >= 0.6 is 11.6 Å². The number of halogens is 1. The smallest absolute Gasteiger partial charge is 0.0512 e. The highest BCUT2D eigenvalue weighted by Gasteiger charge is 1.99. The monoisotopic (exact) mass is 176 g/mol. The number of hydrogen-bond donors (Lipinski definition) is 0. The van der Waals surface area contributed by atoms with Gasteiger partial charge in [0.1, 0.15) is 0 Å². The fourth-order valence-electron chi connectivity index (χ4n) is 0.596. The predicted molar refractivity (Wildman–Crippen MR) is 52.8 cm³/mol. The van der Waals surface area contributed by atoms with Crippen LogP contribution in [0.2, 0.25) is 0 Å². The van der Waals surface area contributed by atoms with E-state index in [0.717, 1.165) is 16.7 Å². The quantitative estimate of drug-likeness (QED) is 0.456. The van der Waals surface area contributed by atoms with Crippen molar-refractivity contribution in [1.82, 2.24) is 0 Å². The Kier molecular flexibility index (Phi) is 5.09. The fourth-order valence-corrected chi connectivity index (χ4v) is 1.41. The molecule has 1 unspecified atom stereocenters. The Labute approximate surface area is 72.1 Å². The van der Waals surface area contributed by atoms with Crippen molar-refractivity contribution in [3.8, 4) is 0 Å². The van der Waals surface area contributed by atoms with Crippen LogP contribution in [0, 0.1) is 5.92 Å². The molecule has 0 nitrogen and oxygen atoms in total. The van der Waals surface area contributed by atoms with Gasteiger partial charge in [0.15, 0.2) is 0 Å². The molecule has 0 fully saturated rings. The summed E-state index contributed by atoms with van der Waals surface area (Å²) in [6.45, 7) is 6.56. The molecule has 0 spiro atoms. The van der Waals surface area contributed by atoms with Crippen molar-refractivity contribution in [1.29, 1.82) is 0 Å². The molecule has 0 aliphatic carbocycles. The van der Waals surface area contributed by atoms with Crippen LogP contribution in [0.4, 0.5) is 0 Å². The zero-order chi connectivity index (χ0) is 8.15. The van der Waals surface area contributed by atoms with Gasteiger partial charge in [-0.3, -0.25) is 0 Å². The van der Waals surface area contributed by atoms with Crippen LogP contribution in [-0.2, 0) is 0 Å². The highest BCUT2D eigenvalue weighted by molar-refractivity contribution is 6.25. The summed E-state index contributed by atoms with van der Waals surface area (Å²) in [4.78, 5) is 0. The van der Waals surface area contributed by atoms with E-state index >= 15 is 0 Å². The maximum absolute atomic E-state index is 5.95. The summed E-state index contributed by atoms with van der Waals surface area (Å²) in [5.74, 6) is 0.694. The zero-order valence-corrected chi connectivity index (χ0v) is 10.1. The van der Waals surface area contributed by atoms with Gasteiger partial charge in [-0.1, -0.05) is 32.0 Å². The molecule has 0 heterocycles. The third-order valence-electron chi connectivity index (χ3n) is 1.74. The molecule has 0 N–H and O–H groups in total. The lowest BCUT2D eigenvalue weighted by Gasteiger charge is -2.06. The van der Waals surface area contributed by atoms with Gasteiger partial charge in [0.25, 0.3) is 0 Å². The Morgan fingerprint density at radius 2 is 2.10 bits per heavy atom. The average molecular weight is 177 g/mol. The van der Waals surface area contributed by atoms with Crippen molar-refractivity contribution in [2.75, 3.05) is 0 Å². The lowest BCUT2D eigenvalue weighted by atomic mass is 10.1. The minimum atomic E-state index is 0.259. The summed E-state index contributed by atoms with van der Waals surface area (Å²) < 4.78 is 0.